The topological polar surface area (TPSA) is 12.5 Å². The molecule has 0 bridgehead atoms. The highest BCUT2D eigenvalue weighted by atomic mass is 19.1. The van der Waals surface area contributed by atoms with Crippen LogP contribution >= 0.6 is 0 Å². The number of alkyl halides is 1. The van der Waals surface area contributed by atoms with E-state index in [2.05, 4.69) is 44.7 Å². The first kappa shape index (κ1) is 27.9. The Hall–Kier alpha value is -1.09. The zero-order chi connectivity index (χ0) is 23.2. The molecule has 0 aliphatic carbocycles. The van der Waals surface area contributed by atoms with Crippen LogP contribution in [0, 0.1) is 11.8 Å². The van der Waals surface area contributed by atoms with Crippen molar-refractivity contribution in [3.63, 3.8) is 0 Å². The summed E-state index contributed by atoms with van der Waals surface area (Å²) in [6, 6.07) is 5.21. The van der Waals surface area contributed by atoms with Gasteiger partial charge in [0.05, 0.1) is 13.8 Å². The van der Waals surface area contributed by atoms with E-state index in [1.165, 1.54) is 61.9 Å². The molecule has 2 atom stereocenters. The van der Waals surface area contributed by atoms with E-state index in [0.717, 1.165) is 36.8 Å². The predicted octanol–water partition coefficient (Wildman–Crippen LogP) is 8.18. The van der Waals surface area contributed by atoms with Crippen molar-refractivity contribution in [2.24, 2.45) is 11.8 Å². The number of hydrogen-bond donors (Lipinski definition) is 0. The molecule has 0 saturated carbocycles. The van der Waals surface area contributed by atoms with Crippen LogP contribution in [0.4, 0.5) is 4.39 Å². The van der Waals surface area contributed by atoms with Crippen LogP contribution < -0.4 is 4.74 Å². The second kappa shape index (κ2) is 15.7. The van der Waals surface area contributed by atoms with Crippen LogP contribution in [0.2, 0.25) is 0 Å². The number of methoxy groups -OCH3 is 1. The monoisotopic (exact) mass is 435 g/mol. The van der Waals surface area contributed by atoms with E-state index in [4.69, 9.17) is 4.74 Å². The highest BCUT2D eigenvalue weighted by Crippen LogP contribution is 2.42. The Balaban J connectivity index is 0.000000720. The van der Waals surface area contributed by atoms with Crippen molar-refractivity contribution in [1.82, 2.24) is 4.90 Å². The van der Waals surface area contributed by atoms with Crippen molar-refractivity contribution in [3.05, 3.63) is 28.8 Å². The fourth-order valence-electron chi connectivity index (χ4n) is 4.86. The van der Waals surface area contributed by atoms with E-state index in [-0.39, 0.29) is 6.67 Å². The average Bonchev–Trinajstić information content (AvgIpc) is 2.79. The lowest BCUT2D eigenvalue weighted by Gasteiger charge is -2.44. The molecule has 0 amide bonds. The average molecular weight is 436 g/mol. The summed E-state index contributed by atoms with van der Waals surface area (Å²) >= 11 is 0. The third kappa shape index (κ3) is 8.75. The normalized spacial score (nSPS) is 20.0. The SMILES string of the molecule is CC.CCCC.COc1cc2c(cc1CCCCF)CCN1CC(CC(C)C)CCC21. The molecule has 3 heteroatoms. The molecule has 2 aliphatic rings. The number of aryl methyl sites for hydroxylation is 1. The van der Waals surface area contributed by atoms with Gasteiger partial charge in [-0.2, -0.15) is 0 Å². The van der Waals surface area contributed by atoms with Gasteiger partial charge in [0.1, 0.15) is 5.75 Å². The van der Waals surface area contributed by atoms with Crippen LogP contribution in [-0.4, -0.2) is 31.8 Å². The van der Waals surface area contributed by atoms with E-state index in [0.29, 0.717) is 12.5 Å². The van der Waals surface area contributed by atoms with Crippen LogP contribution in [-0.2, 0) is 12.8 Å². The van der Waals surface area contributed by atoms with Crippen LogP contribution in [0.25, 0.3) is 0 Å². The maximum atomic E-state index is 12.4. The van der Waals surface area contributed by atoms with Gasteiger partial charge in [-0.05, 0) is 79.5 Å². The first-order chi connectivity index (χ1) is 15.0. The minimum absolute atomic E-state index is 0.220. The quantitative estimate of drug-likeness (QED) is 0.382. The number of ether oxygens (including phenoxy) is 1. The molecular weight excluding hydrogens is 385 g/mol. The van der Waals surface area contributed by atoms with Gasteiger partial charge in [-0.15, -0.1) is 0 Å². The fourth-order valence-corrected chi connectivity index (χ4v) is 4.86. The third-order valence-electron chi connectivity index (χ3n) is 6.49. The van der Waals surface area contributed by atoms with Crippen LogP contribution in [0.15, 0.2) is 12.1 Å². The summed E-state index contributed by atoms with van der Waals surface area (Å²) in [5.74, 6) is 2.66. The molecule has 31 heavy (non-hydrogen) atoms. The van der Waals surface area contributed by atoms with Crippen LogP contribution in [0.5, 0.6) is 5.75 Å². The van der Waals surface area contributed by atoms with Gasteiger partial charge in [0.15, 0.2) is 0 Å². The van der Waals surface area contributed by atoms with Crippen molar-refractivity contribution in [1.29, 1.82) is 0 Å². The number of hydrogen-bond acceptors (Lipinski definition) is 2. The largest absolute Gasteiger partial charge is 0.496 e. The number of nitrogens with zero attached hydrogens (tertiary/aromatic N) is 1. The van der Waals surface area contributed by atoms with E-state index in [1.54, 1.807) is 7.11 Å². The molecule has 0 spiro atoms. The summed E-state index contributed by atoms with van der Waals surface area (Å²) in [7, 11) is 1.76. The van der Waals surface area contributed by atoms with E-state index in [1.807, 2.05) is 13.8 Å². The third-order valence-corrected chi connectivity index (χ3v) is 6.49. The summed E-state index contributed by atoms with van der Waals surface area (Å²) in [6.45, 7) is 15.3. The number of piperidine rings is 1. The maximum Gasteiger partial charge on any atom is 0.122 e. The highest BCUT2D eigenvalue weighted by molar-refractivity contribution is 5.45. The molecule has 1 aromatic carbocycles. The van der Waals surface area contributed by atoms with Gasteiger partial charge in [-0.25, -0.2) is 0 Å². The summed E-state index contributed by atoms with van der Waals surface area (Å²) < 4.78 is 18.1. The molecule has 2 nitrogen and oxygen atoms in total. The maximum absolute atomic E-state index is 12.4. The molecule has 0 aromatic heterocycles. The predicted molar refractivity (Wildman–Crippen MR) is 134 cm³/mol. The Bertz CT molecular complexity index is 599. The van der Waals surface area contributed by atoms with Crippen molar-refractivity contribution in [2.75, 3.05) is 26.9 Å². The first-order valence-corrected chi connectivity index (χ1v) is 13.0. The molecular formula is C28H50FNO. The Kier molecular flexibility index (Phi) is 14.1. The molecule has 0 N–H and O–H groups in total. The lowest BCUT2D eigenvalue weighted by molar-refractivity contribution is 0.0895. The van der Waals surface area contributed by atoms with Gasteiger partial charge in [0, 0.05) is 19.1 Å². The summed E-state index contributed by atoms with van der Waals surface area (Å²) in [6.07, 6.45) is 10.2. The van der Waals surface area contributed by atoms with Gasteiger partial charge >= 0.3 is 0 Å². The van der Waals surface area contributed by atoms with Crippen LogP contribution in [0.1, 0.15) is 109 Å². The minimum atomic E-state index is -0.220. The first-order valence-electron chi connectivity index (χ1n) is 13.0. The molecule has 2 aliphatic heterocycles. The number of rotatable bonds is 8. The van der Waals surface area contributed by atoms with Crippen molar-refractivity contribution in [3.8, 4) is 5.75 Å². The van der Waals surface area contributed by atoms with E-state index < -0.39 is 0 Å². The van der Waals surface area contributed by atoms with Gasteiger partial charge in [0.25, 0.3) is 0 Å². The minimum Gasteiger partial charge on any atom is -0.496 e. The Morgan fingerprint density at radius 2 is 1.81 bits per heavy atom. The zero-order valence-electron chi connectivity index (χ0n) is 21.6. The number of fused-ring (bicyclic) bond motifs is 3. The summed E-state index contributed by atoms with van der Waals surface area (Å²) in [4.78, 5) is 2.71. The standard InChI is InChI=1S/C22H34FNO.C4H10.C2H6/c1-16(2)12-17-7-8-21-20-14-22(25-3)19(6-4-5-10-23)13-18(20)9-11-24(21)15-17;1-3-4-2;1-2/h13-14,16-17,21H,4-12,15H2,1-3H3;3-4H2,1-2H3;1-2H3. The second-order valence-corrected chi connectivity index (χ2v) is 9.34. The lowest BCUT2D eigenvalue weighted by Crippen LogP contribution is -2.42. The highest BCUT2D eigenvalue weighted by Gasteiger charge is 2.34. The van der Waals surface area contributed by atoms with Gasteiger partial charge in [-0.3, -0.25) is 9.29 Å². The van der Waals surface area contributed by atoms with Gasteiger partial charge in [0.2, 0.25) is 0 Å². The Morgan fingerprint density at radius 3 is 2.39 bits per heavy atom. The molecule has 2 heterocycles. The van der Waals surface area contributed by atoms with Crippen molar-refractivity contribution >= 4 is 0 Å². The fraction of sp³-hybridized carbons (Fsp3) is 0.786. The Morgan fingerprint density at radius 1 is 1.10 bits per heavy atom. The van der Waals surface area contributed by atoms with E-state index >= 15 is 0 Å². The molecule has 2 unspecified atom stereocenters. The number of halogens is 1. The molecule has 180 valence electrons. The van der Waals surface area contributed by atoms with Crippen LogP contribution in [0.3, 0.4) is 0 Å². The van der Waals surface area contributed by atoms with Crippen molar-refractivity contribution < 1.29 is 9.13 Å². The molecule has 1 fully saturated rings. The number of unbranched alkanes of at least 4 members (excludes halogenated alkanes) is 2. The van der Waals surface area contributed by atoms with Gasteiger partial charge in [-0.1, -0.05) is 60.5 Å². The molecule has 3 rings (SSSR count). The smallest absolute Gasteiger partial charge is 0.122 e. The summed E-state index contributed by atoms with van der Waals surface area (Å²) in [5.41, 5.74) is 4.25. The van der Waals surface area contributed by atoms with Crippen molar-refractivity contribution in [2.45, 2.75) is 105 Å². The lowest BCUT2D eigenvalue weighted by atomic mass is 9.80. The van der Waals surface area contributed by atoms with Gasteiger partial charge < -0.3 is 4.74 Å². The Labute approximate surface area is 192 Å². The molecule has 0 radical (unpaired) electrons. The van der Waals surface area contributed by atoms with E-state index in [9.17, 15) is 4.39 Å². The molecule has 1 saturated heterocycles. The number of benzene rings is 1. The molecule has 1 aromatic rings. The summed E-state index contributed by atoms with van der Waals surface area (Å²) in [5, 5.41) is 0. The second-order valence-electron chi connectivity index (χ2n) is 9.34. The zero-order valence-corrected chi connectivity index (χ0v) is 21.6.